The van der Waals surface area contributed by atoms with Gasteiger partial charge >= 0.3 is 7.32 Å². The van der Waals surface area contributed by atoms with Gasteiger partial charge < -0.3 is 14.7 Å². The normalized spacial score (nSPS) is 9.69. The standard InChI is InChI=1S/C6H2BF5O3.HI/c8-1-2(9)4(11)6(15-7(13)14)5(12)3(1)10;/h13-14H;1H. The van der Waals surface area contributed by atoms with E-state index in [9.17, 15) is 22.0 Å². The molecule has 0 atom stereocenters. The summed E-state index contributed by atoms with van der Waals surface area (Å²) in [5.74, 6) is -13.1. The molecular weight excluding hydrogens is 353 g/mol. The lowest BCUT2D eigenvalue weighted by Crippen LogP contribution is -2.23. The molecule has 0 saturated carbocycles. The Bertz CT molecular complexity index is 373. The third-order valence-corrected chi connectivity index (χ3v) is 1.39. The summed E-state index contributed by atoms with van der Waals surface area (Å²) >= 11 is 0. The van der Waals surface area contributed by atoms with Gasteiger partial charge in [-0.1, -0.05) is 0 Å². The van der Waals surface area contributed by atoms with Crippen LogP contribution >= 0.6 is 24.0 Å². The monoisotopic (exact) mass is 356 g/mol. The first-order chi connectivity index (χ1) is 6.86. The third kappa shape index (κ3) is 2.74. The van der Waals surface area contributed by atoms with Gasteiger partial charge in [0.25, 0.3) is 0 Å². The van der Waals surface area contributed by atoms with Crippen molar-refractivity contribution < 1.29 is 36.7 Å². The highest BCUT2D eigenvalue weighted by atomic mass is 127. The fraction of sp³-hybridized carbons (Fsp3) is 0. The number of rotatable bonds is 2. The lowest BCUT2D eigenvalue weighted by Gasteiger charge is -2.08. The van der Waals surface area contributed by atoms with Gasteiger partial charge in [-0.3, -0.25) is 0 Å². The molecule has 3 nitrogen and oxygen atoms in total. The highest BCUT2D eigenvalue weighted by molar-refractivity contribution is 14.0. The van der Waals surface area contributed by atoms with Crippen LogP contribution < -0.4 is 4.65 Å². The van der Waals surface area contributed by atoms with E-state index >= 15 is 0 Å². The molecule has 0 spiro atoms. The van der Waals surface area contributed by atoms with Crippen LogP contribution in [0.2, 0.25) is 0 Å². The predicted octanol–water partition coefficient (Wildman–Crippen LogP) is 1.35. The summed E-state index contributed by atoms with van der Waals surface area (Å²) in [6, 6.07) is 0. The number of hydrogen-bond donors (Lipinski definition) is 2. The van der Waals surface area contributed by atoms with E-state index in [1.165, 1.54) is 0 Å². The Morgan fingerprint density at radius 2 is 1.06 bits per heavy atom. The molecule has 1 aromatic rings. The van der Waals surface area contributed by atoms with Gasteiger partial charge in [-0.15, -0.1) is 24.0 Å². The third-order valence-electron chi connectivity index (χ3n) is 1.39. The molecule has 10 heteroatoms. The second kappa shape index (κ2) is 5.64. The maximum atomic E-state index is 12.7. The van der Waals surface area contributed by atoms with Crippen molar-refractivity contribution in [3.63, 3.8) is 0 Å². The summed E-state index contributed by atoms with van der Waals surface area (Å²) in [5, 5.41) is 16.3. The van der Waals surface area contributed by atoms with E-state index in [4.69, 9.17) is 10.0 Å². The molecule has 0 aliphatic heterocycles. The molecule has 0 aromatic heterocycles. The van der Waals surface area contributed by atoms with Gasteiger partial charge in [0.15, 0.2) is 5.75 Å². The summed E-state index contributed by atoms with van der Waals surface area (Å²) in [4.78, 5) is 0. The van der Waals surface area contributed by atoms with E-state index in [-0.39, 0.29) is 24.0 Å². The molecule has 0 saturated heterocycles. The number of benzene rings is 1. The summed E-state index contributed by atoms with van der Waals surface area (Å²) < 4.78 is 66.3. The first-order valence-corrected chi connectivity index (χ1v) is 3.40. The SMILES string of the molecule is I.OB(O)Oc1c(F)c(F)c(F)c(F)c1F. The molecule has 0 aliphatic rings. The Kier molecular flexibility index (Phi) is 5.42. The minimum absolute atomic E-state index is 0. The zero-order valence-electron chi connectivity index (χ0n) is 7.18. The molecular formula is C6H3BF5IO3. The van der Waals surface area contributed by atoms with Crippen LogP contribution in [0.4, 0.5) is 22.0 Å². The first kappa shape index (κ1) is 15.4. The van der Waals surface area contributed by atoms with Crippen molar-refractivity contribution in [1.29, 1.82) is 0 Å². The lowest BCUT2D eigenvalue weighted by atomic mass is 10.2. The van der Waals surface area contributed by atoms with Crippen molar-refractivity contribution in [1.82, 2.24) is 0 Å². The van der Waals surface area contributed by atoms with E-state index in [2.05, 4.69) is 4.65 Å². The minimum atomic E-state index is -2.70. The van der Waals surface area contributed by atoms with E-state index < -0.39 is 42.2 Å². The highest BCUT2D eigenvalue weighted by Crippen LogP contribution is 2.28. The van der Waals surface area contributed by atoms with Crippen LogP contribution in [0, 0.1) is 29.1 Å². The second-order valence-corrected chi connectivity index (χ2v) is 2.34. The fourth-order valence-corrected chi connectivity index (χ4v) is 0.794. The van der Waals surface area contributed by atoms with Crippen LogP contribution in [-0.2, 0) is 0 Å². The van der Waals surface area contributed by atoms with E-state index in [1.54, 1.807) is 0 Å². The zero-order valence-corrected chi connectivity index (χ0v) is 9.51. The van der Waals surface area contributed by atoms with Crippen molar-refractivity contribution in [2.45, 2.75) is 0 Å². The Morgan fingerprint density at radius 3 is 1.38 bits per heavy atom. The van der Waals surface area contributed by atoms with Crippen LogP contribution in [-0.4, -0.2) is 17.4 Å². The van der Waals surface area contributed by atoms with Crippen molar-refractivity contribution >= 4 is 31.3 Å². The number of halogens is 6. The molecule has 0 unspecified atom stereocenters. The van der Waals surface area contributed by atoms with Crippen molar-refractivity contribution in [2.75, 3.05) is 0 Å². The summed E-state index contributed by atoms with van der Waals surface area (Å²) in [6.45, 7) is 0. The topological polar surface area (TPSA) is 49.7 Å². The summed E-state index contributed by atoms with van der Waals surface area (Å²) in [7, 11) is -2.70. The average molecular weight is 356 g/mol. The molecule has 0 bridgehead atoms. The van der Waals surface area contributed by atoms with Crippen molar-refractivity contribution in [2.24, 2.45) is 0 Å². The summed E-state index contributed by atoms with van der Waals surface area (Å²) in [5.41, 5.74) is 0. The van der Waals surface area contributed by atoms with Crippen molar-refractivity contribution in [3.8, 4) is 5.75 Å². The lowest BCUT2D eigenvalue weighted by molar-refractivity contribution is 0.263. The molecule has 0 fully saturated rings. The van der Waals surface area contributed by atoms with Gasteiger partial charge in [-0.2, -0.15) is 8.78 Å². The van der Waals surface area contributed by atoms with Crippen LogP contribution in [0.3, 0.4) is 0 Å². The van der Waals surface area contributed by atoms with Gasteiger partial charge in [-0.25, -0.2) is 13.2 Å². The van der Waals surface area contributed by atoms with Gasteiger partial charge in [0.2, 0.25) is 29.1 Å². The van der Waals surface area contributed by atoms with Crippen molar-refractivity contribution in [3.05, 3.63) is 29.1 Å². The van der Waals surface area contributed by atoms with Gasteiger partial charge in [-0.05, 0) is 0 Å². The molecule has 16 heavy (non-hydrogen) atoms. The van der Waals surface area contributed by atoms with E-state index in [0.29, 0.717) is 0 Å². The molecule has 0 heterocycles. The molecule has 0 radical (unpaired) electrons. The average Bonchev–Trinajstić information content (AvgIpc) is 2.18. The maximum absolute atomic E-state index is 12.7. The maximum Gasteiger partial charge on any atom is 0.707 e. The molecule has 1 aromatic carbocycles. The highest BCUT2D eigenvalue weighted by Gasteiger charge is 2.29. The van der Waals surface area contributed by atoms with E-state index in [1.807, 2.05) is 0 Å². The largest absolute Gasteiger partial charge is 0.707 e. The molecule has 0 amide bonds. The van der Waals surface area contributed by atoms with Crippen LogP contribution in [0.1, 0.15) is 0 Å². The zero-order chi connectivity index (χ0) is 11.7. The Labute approximate surface area is 103 Å². The van der Waals surface area contributed by atoms with Gasteiger partial charge in [0, 0.05) is 0 Å². The van der Waals surface area contributed by atoms with E-state index in [0.717, 1.165) is 0 Å². The quantitative estimate of drug-likeness (QED) is 0.277. The molecule has 0 aliphatic carbocycles. The second-order valence-electron chi connectivity index (χ2n) is 2.34. The predicted molar refractivity (Wildman–Crippen MR) is 52.5 cm³/mol. The fourth-order valence-electron chi connectivity index (χ4n) is 0.794. The Morgan fingerprint density at radius 1 is 0.750 bits per heavy atom. The minimum Gasteiger partial charge on any atom is -0.507 e. The molecule has 90 valence electrons. The van der Waals surface area contributed by atoms with Crippen LogP contribution in [0.25, 0.3) is 0 Å². The Hall–Kier alpha value is -0.615. The Balaban J connectivity index is 0.00000225. The van der Waals surface area contributed by atoms with Gasteiger partial charge in [0.1, 0.15) is 0 Å². The molecule has 2 N–H and O–H groups in total. The number of hydrogen-bond acceptors (Lipinski definition) is 3. The van der Waals surface area contributed by atoms with Gasteiger partial charge in [0.05, 0.1) is 0 Å². The smallest absolute Gasteiger partial charge is 0.507 e. The van der Waals surface area contributed by atoms with Crippen LogP contribution in [0.5, 0.6) is 5.75 Å². The summed E-state index contributed by atoms with van der Waals surface area (Å²) in [6.07, 6.45) is 0. The molecule has 1 rings (SSSR count). The first-order valence-electron chi connectivity index (χ1n) is 3.40. The van der Waals surface area contributed by atoms with Crippen LogP contribution in [0.15, 0.2) is 0 Å².